The molecule has 0 aliphatic heterocycles. The number of nitrogens with two attached hydrogens (primary N) is 1. The van der Waals surface area contributed by atoms with Gasteiger partial charge in [0.25, 0.3) is 0 Å². The maximum Gasteiger partial charge on any atom is 0.143 e. The van der Waals surface area contributed by atoms with Crippen LogP contribution in [0.25, 0.3) is 0 Å². The van der Waals surface area contributed by atoms with Gasteiger partial charge < -0.3 is 5.73 Å². The zero-order valence-electron chi connectivity index (χ0n) is 8.87. The van der Waals surface area contributed by atoms with Crippen molar-refractivity contribution in [2.45, 2.75) is 0 Å². The molecule has 0 saturated heterocycles. The van der Waals surface area contributed by atoms with Gasteiger partial charge in [-0.3, -0.25) is 0 Å². The minimum absolute atomic E-state index is 0.0465. The predicted molar refractivity (Wildman–Crippen MR) is 63.2 cm³/mol. The minimum Gasteiger partial charge on any atom is -0.399 e. The van der Waals surface area contributed by atoms with Crippen LogP contribution >= 0.6 is 0 Å². The van der Waals surface area contributed by atoms with Crippen LogP contribution in [0.1, 0.15) is 11.1 Å². The zero-order chi connectivity index (χ0) is 12.3. The summed E-state index contributed by atoms with van der Waals surface area (Å²) in [7, 11) is 0. The first-order chi connectivity index (χ1) is 8.16. The topological polar surface area (TPSA) is 26.0 Å². The fourth-order valence-electron chi connectivity index (χ4n) is 1.37. The lowest BCUT2D eigenvalue weighted by Gasteiger charge is -1.98. The SMILES string of the molecule is Nc1cc(F)c(C#Cc2ccccc2)c(F)c1. The smallest absolute Gasteiger partial charge is 0.143 e. The summed E-state index contributed by atoms with van der Waals surface area (Å²) in [5.41, 5.74) is 5.79. The summed E-state index contributed by atoms with van der Waals surface area (Å²) in [6.07, 6.45) is 0. The highest BCUT2D eigenvalue weighted by molar-refractivity contribution is 5.49. The Morgan fingerprint density at radius 3 is 2.06 bits per heavy atom. The summed E-state index contributed by atoms with van der Waals surface area (Å²) in [5.74, 6) is 3.67. The van der Waals surface area contributed by atoms with Gasteiger partial charge >= 0.3 is 0 Å². The molecule has 0 aliphatic rings. The van der Waals surface area contributed by atoms with E-state index in [4.69, 9.17) is 5.73 Å². The highest BCUT2D eigenvalue weighted by Crippen LogP contribution is 2.15. The number of anilines is 1. The quantitative estimate of drug-likeness (QED) is 0.545. The molecule has 1 nitrogen and oxygen atoms in total. The summed E-state index contributed by atoms with van der Waals surface area (Å²) in [6.45, 7) is 0. The molecular formula is C14H9F2N. The van der Waals surface area contributed by atoms with Gasteiger partial charge in [-0.15, -0.1) is 0 Å². The molecule has 2 rings (SSSR count). The molecule has 0 aliphatic carbocycles. The molecular weight excluding hydrogens is 220 g/mol. The average Bonchev–Trinajstić information content (AvgIpc) is 2.29. The van der Waals surface area contributed by atoms with Gasteiger partial charge in [-0.1, -0.05) is 30.0 Å². The molecule has 0 aromatic heterocycles. The summed E-state index contributed by atoms with van der Waals surface area (Å²) in [5, 5.41) is 0. The monoisotopic (exact) mass is 229 g/mol. The average molecular weight is 229 g/mol. The molecule has 3 heteroatoms. The Balaban J connectivity index is 2.41. The van der Waals surface area contributed by atoms with Gasteiger partial charge in [0.15, 0.2) is 0 Å². The van der Waals surface area contributed by atoms with E-state index in [1.165, 1.54) is 0 Å². The molecule has 2 N–H and O–H groups in total. The van der Waals surface area contributed by atoms with Crippen LogP contribution in [0.2, 0.25) is 0 Å². The molecule has 0 heterocycles. The van der Waals surface area contributed by atoms with Crippen LogP contribution in [-0.4, -0.2) is 0 Å². The third kappa shape index (κ3) is 2.61. The van der Waals surface area contributed by atoms with E-state index in [1.54, 1.807) is 24.3 Å². The van der Waals surface area contributed by atoms with Gasteiger partial charge in [-0.25, -0.2) is 8.78 Å². The van der Waals surface area contributed by atoms with Crippen molar-refractivity contribution in [2.75, 3.05) is 5.73 Å². The number of hydrogen-bond donors (Lipinski definition) is 1. The van der Waals surface area contributed by atoms with Gasteiger partial charge in [-0.05, 0) is 24.3 Å². The van der Waals surface area contributed by atoms with E-state index in [9.17, 15) is 8.78 Å². The van der Waals surface area contributed by atoms with Gasteiger partial charge in [0.05, 0.1) is 5.56 Å². The zero-order valence-corrected chi connectivity index (χ0v) is 8.87. The number of halogens is 2. The first-order valence-corrected chi connectivity index (χ1v) is 4.98. The molecule has 0 radical (unpaired) electrons. The molecule has 0 bridgehead atoms. The van der Waals surface area contributed by atoms with Gasteiger partial charge in [0.2, 0.25) is 0 Å². The lowest BCUT2D eigenvalue weighted by Crippen LogP contribution is -1.94. The molecule has 2 aromatic rings. The minimum atomic E-state index is -0.745. The number of rotatable bonds is 0. The van der Waals surface area contributed by atoms with Gasteiger partial charge in [0.1, 0.15) is 11.6 Å². The number of hydrogen-bond acceptors (Lipinski definition) is 1. The maximum atomic E-state index is 13.4. The Hall–Kier alpha value is -2.34. The molecule has 0 spiro atoms. The van der Waals surface area contributed by atoms with Gasteiger partial charge in [0, 0.05) is 11.3 Å². The highest BCUT2D eigenvalue weighted by atomic mass is 19.1. The van der Waals surface area contributed by atoms with Crippen molar-refractivity contribution in [3.63, 3.8) is 0 Å². The van der Waals surface area contributed by atoms with Crippen LogP contribution in [0.5, 0.6) is 0 Å². The Kier molecular flexibility index (Phi) is 3.06. The molecule has 0 atom stereocenters. The molecule has 0 unspecified atom stereocenters. The van der Waals surface area contributed by atoms with E-state index in [-0.39, 0.29) is 11.3 Å². The van der Waals surface area contributed by atoms with E-state index in [0.29, 0.717) is 5.56 Å². The molecule has 84 valence electrons. The van der Waals surface area contributed by atoms with Crippen molar-refractivity contribution >= 4 is 5.69 Å². The Morgan fingerprint density at radius 2 is 1.47 bits per heavy atom. The van der Waals surface area contributed by atoms with E-state index in [0.717, 1.165) is 12.1 Å². The van der Waals surface area contributed by atoms with E-state index < -0.39 is 11.6 Å². The second kappa shape index (κ2) is 4.67. The van der Waals surface area contributed by atoms with Crippen LogP contribution in [0.3, 0.4) is 0 Å². The highest BCUT2D eigenvalue weighted by Gasteiger charge is 2.07. The van der Waals surface area contributed by atoms with E-state index in [1.807, 2.05) is 6.07 Å². The third-order valence-electron chi connectivity index (χ3n) is 2.17. The summed E-state index contributed by atoms with van der Waals surface area (Å²) in [6, 6.07) is 11.1. The van der Waals surface area contributed by atoms with Crippen LogP contribution in [0, 0.1) is 23.5 Å². The second-order valence-corrected chi connectivity index (χ2v) is 3.48. The Morgan fingerprint density at radius 1 is 0.882 bits per heavy atom. The molecule has 2 aromatic carbocycles. The molecule has 0 fully saturated rings. The molecule has 0 saturated carbocycles. The fraction of sp³-hybridized carbons (Fsp3) is 0. The molecule has 17 heavy (non-hydrogen) atoms. The number of benzene rings is 2. The second-order valence-electron chi connectivity index (χ2n) is 3.48. The van der Waals surface area contributed by atoms with Crippen LogP contribution in [0.4, 0.5) is 14.5 Å². The van der Waals surface area contributed by atoms with E-state index in [2.05, 4.69) is 11.8 Å². The van der Waals surface area contributed by atoms with E-state index >= 15 is 0 Å². The first-order valence-electron chi connectivity index (χ1n) is 4.98. The van der Waals surface area contributed by atoms with Crippen molar-refractivity contribution < 1.29 is 8.78 Å². The van der Waals surface area contributed by atoms with Crippen molar-refractivity contribution in [3.8, 4) is 11.8 Å². The maximum absolute atomic E-state index is 13.4. The third-order valence-corrected chi connectivity index (χ3v) is 2.17. The fourth-order valence-corrected chi connectivity index (χ4v) is 1.37. The normalized spacial score (nSPS) is 9.53. The predicted octanol–water partition coefficient (Wildman–Crippen LogP) is 2.95. The lowest BCUT2D eigenvalue weighted by molar-refractivity contribution is 0.578. The first kappa shape index (κ1) is 11.2. The van der Waals surface area contributed by atoms with Gasteiger partial charge in [-0.2, -0.15) is 0 Å². The van der Waals surface area contributed by atoms with Crippen molar-refractivity contribution in [3.05, 3.63) is 65.2 Å². The van der Waals surface area contributed by atoms with Crippen molar-refractivity contribution in [1.82, 2.24) is 0 Å². The Bertz CT molecular complexity index is 572. The van der Waals surface area contributed by atoms with Crippen LogP contribution in [0.15, 0.2) is 42.5 Å². The number of nitrogen functional groups attached to an aromatic ring is 1. The summed E-state index contributed by atoms with van der Waals surface area (Å²) in [4.78, 5) is 0. The molecule has 0 amide bonds. The Labute approximate surface area is 97.9 Å². The summed E-state index contributed by atoms with van der Waals surface area (Å²) >= 11 is 0. The van der Waals surface area contributed by atoms with Crippen LogP contribution < -0.4 is 5.73 Å². The van der Waals surface area contributed by atoms with Crippen molar-refractivity contribution in [2.24, 2.45) is 0 Å². The van der Waals surface area contributed by atoms with Crippen molar-refractivity contribution in [1.29, 1.82) is 0 Å². The van der Waals surface area contributed by atoms with Crippen LogP contribution in [-0.2, 0) is 0 Å². The standard InChI is InChI=1S/C14H9F2N/c15-13-8-11(17)9-14(16)12(13)7-6-10-4-2-1-3-5-10/h1-5,8-9H,17H2. The lowest BCUT2D eigenvalue weighted by atomic mass is 10.1. The largest absolute Gasteiger partial charge is 0.399 e. The summed E-state index contributed by atoms with van der Waals surface area (Å²) < 4.78 is 26.8.